The van der Waals surface area contributed by atoms with Crippen molar-refractivity contribution >= 4 is 15.9 Å². The van der Waals surface area contributed by atoms with Gasteiger partial charge in [-0.15, -0.1) is 0 Å². The van der Waals surface area contributed by atoms with Crippen LogP contribution in [0.1, 0.15) is 24.0 Å². The number of carbonyl (C=O) groups excluding carboxylic acids is 1. The molecule has 0 saturated carbocycles. The standard InChI is InChI=1S/C24H40N4O5S/c1-20-17-22(32-4)18-21(2)24(20)34(30,31)25(3)15-16-33-19-23(29)28-13-11-27(12-14-28)10-9-26-7-5-6-8-26/h17-18H,5-16,19H2,1-4H3. The van der Waals surface area contributed by atoms with Gasteiger partial charge in [0.1, 0.15) is 12.4 Å². The number of benzene rings is 1. The van der Waals surface area contributed by atoms with Gasteiger partial charge in [0, 0.05) is 52.9 Å². The molecule has 0 aliphatic carbocycles. The Morgan fingerprint density at radius 1 is 0.971 bits per heavy atom. The number of likely N-dealkylation sites (N-methyl/N-ethyl adjacent to an activating group) is 1. The third kappa shape index (κ3) is 6.91. The summed E-state index contributed by atoms with van der Waals surface area (Å²) < 4.78 is 38.2. The highest BCUT2D eigenvalue weighted by Gasteiger charge is 2.26. The molecule has 0 aromatic heterocycles. The van der Waals surface area contributed by atoms with E-state index in [0.717, 1.165) is 26.2 Å². The minimum atomic E-state index is -3.67. The summed E-state index contributed by atoms with van der Waals surface area (Å²) in [5, 5.41) is 0. The summed E-state index contributed by atoms with van der Waals surface area (Å²) in [5.41, 5.74) is 1.28. The summed E-state index contributed by atoms with van der Waals surface area (Å²) in [4.78, 5) is 19.6. The van der Waals surface area contributed by atoms with Gasteiger partial charge in [0.15, 0.2) is 0 Å². The van der Waals surface area contributed by atoms with Gasteiger partial charge in [-0.05, 0) is 63.0 Å². The summed E-state index contributed by atoms with van der Waals surface area (Å²) in [7, 11) is -0.580. The van der Waals surface area contributed by atoms with Crippen molar-refractivity contribution in [3.63, 3.8) is 0 Å². The molecule has 2 aliphatic rings. The zero-order valence-corrected chi connectivity index (χ0v) is 21.9. The van der Waals surface area contributed by atoms with Crippen LogP contribution in [0, 0.1) is 13.8 Å². The number of rotatable bonds is 11. The van der Waals surface area contributed by atoms with Crippen molar-refractivity contribution in [2.24, 2.45) is 0 Å². The van der Waals surface area contributed by atoms with Gasteiger partial charge >= 0.3 is 0 Å². The number of sulfonamides is 1. The summed E-state index contributed by atoms with van der Waals surface area (Å²) in [6.07, 6.45) is 2.62. The molecule has 0 radical (unpaired) electrons. The first-order valence-electron chi connectivity index (χ1n) is 12.1. The molecule has 1 amide bonds. The molecule has 2 heterocycles. The predicted octanol–water partition coefficient (Wildman–Crippen LogP) is 1.19. The molecule has 2 saturated heterocycles. The van der Waals surface area contributed by atoms with E-state index in [2.05, 4.69) is 9.80 Å². The highest BCUT2D eigenvalue weighted by molar-refractivity contribution is 7.89. The summed E-state index contributed by atoms with van der Waals surface area (Å²) in [5.74, 6) is 0.595. The van der Waals surface area contributed by atoms with E-state index in [-0.39, 0.29) is 30.6 Å². The van der Waals surface area contributed by atoms with Crippen molar-refractivity contribution < 1.29 is 22.7 Å². The topological polar surface area (TPSA) is 82.6 Å². The van der Waals surface area contributed by atoms with E-state index in [1.165, 1.54) is 37.3 Å². The monoisotopic (exact) mass is 496 g/mol. The lowest BCUT2D eigenvalue weighted by atomic mass is 10.1. The second kappa shape index (κ2) is 12.3. The van der Waals surface area contributed by atoms with Crippen LogP contribution in [-0.4, -0.2) is 120 Å². The fourth-order valence-electron chi connectivity index (χ4n) is 4.67. The van der Waals surface area contributed by atoms with Crippen LogP contribution in [-0.2, 0) is 19.6 Å². The van der Waals surface area contributed by atoms with E-state index in [0.29, 0.717) is 30.0 Å². The van der Waals surface area contributed by atoms with Crippen LogP contribution in [0.15, 0.2) is 17.0 Å². The number of hydrogen-bond acceptors (Lipinski definition) is 7. The molecule has 0 spiro atoms. The van der Waals surface area contributed by atoms with Gasteiger partial charge in [0.25, 0.3) is 0 Å². The Balaban J connectivity index is 1.38. The van der Waals surface area contributed by atoms with Crippen molar-refractivity contribution in [3.05, 3.63) is 23.3 Å². The third-order valence-electron chi connectivity index (χ3n) is 6.77. The molecule has 34 heavy (non-hydrogen) atoms. The van der Waals surface area contributed by atoms with E-state index < -0.39 is 10.0 Å². The summed E-state index contributed by atoms with van der Waals surface area (Å²) in [6, 6.07) is 3.43. The quantitative estimate of drug-likeness (QED) is 0.426. The first kappa shape index (κ1) is 26.9. The lowest BCUT2D eigenvalue weighted by Crippen LogP contribution is -2.51. The molecular formula is C24H40N4O5S. The van der Waals surface area contributed by atoms with Crippen LogP contribution in [0.4, 0.5) is 0 Å². The van der Waals surface area contributed by atoms with Gasteiger partial charge < -0.3 is 19.3 Å². The lowest BCUT2D eigenvalue weighted by Gasteiger charge is -2.35. The molecule has 10 heteroatoms. The third-order valence-corrected chi connectivity index (χ3v) is 8.93. The maximum absolute atomic E-state index is 13.1. The van der Waals surface area contributed by atoms with Crippen molar-refractivity contribution in [1.29, 1.82) is 0 Å². The van der Waals surface area contributed by atoms with Gasteiger partial charge in [-0.1, -0.05) is 0 Å². The van der Waals surface area contributed by atoms with Crippen molar-refractivity contribution in [2.45, 2.75) is 31.6 Å². The molecule has 0 bridgehead atoms. The van der Waals surface area contributed by atoms with Gasteiger partial charge in [-0.2, -0.15) is 4.31 Å². The van der Waals surface area contributed by atoms with Gasteiger partial charge in [-0.3, -0.25) is 9.69 Å². The zero-order chi connectivity index (χ0) is 24.7. The normalized spacial score (nSPS) is 18.1. The number of ether oxygens (including phenoxy) is 2. The number of amides is 1. The van der Waals surface area contributed by atoms with Crippen molar-refractivity contribution in [3.8, 4) is 5.75 Å². The molecule has 192 valence electrons. The highest BCUT2D eigenvalue weighted by Crippen LogP contribution is 2.27. The molecule has 0 N–H and O–H groups in total. The Kier molecular flexibility index (Phi) is 9.73. The Morgan fingerprint density at radius 3 is 2.09 bits per heavy atom. The number of methoxy groups -OCH3 is 1. The fourth-order valence-corrected chi connectivity index (χ4v) is 6.22. The van der Waals surface area contributed by atoms with Crippen LogP contribution in [0.5, 0.6) is 5.75 Å². The molecule has 1 aromatic rings. The number of likely N-dealkylation sites (tertiary alicyclic amines) is 1. The predicted molar refractivity (Wildman–Crippen MR) is 132 cm³/mol. The maximum Gasteiger partial charge on any atom is 0.248 e. The minimum absolute atomic E-state index is 0.0255. The van der Waals surface area contributed by atoms with Crippen LogP contribution in [0.3, 0.4) is 0 Å². The first-order chi connectivity index (χ1) is 16.2. The Labute approximate surface area is 204 Å². The fraction of sp³-hybridized carbons (Fsp3) is 0.708. The van der Waals surface area contributed by atoms with Gasteiger partial charge in [0.05, 0.1) is 18.6 Å². The SMILES string of the molecule is COc1cc(C)c(S(=O)(=O)N(C)CCOCC(=O)N2CCN(CCN3CCCC3)CC2)c(C)c1. The van der Waals surface area contributed by atoms with Crippen LogP contribution < -0.4 is 4.74 Å². The Bertz CT molecular complexity index is 902. The largest absolute Gasteiger partial charge is 0.497 e. The number of carbonyl (C=O) groups is 1. The molecule has 0 atom stereocenters. The van der Waals surface area contributed by atoms with E-state index in [9.17, 15) is 13.2 Å². The number of hydrogen-bond donors (Lipinski definition) is 0. The van der Waals surface area contributed by atoms with Crippen LogP contribution in [0.2, 0.25) is 0 Å². The molecule has 2 fully saturated rings. The highest BCUT2D eigenvalue weighted by atomic mass is 32.2. The molecule has 1 aromatic carbocycles. The Hall–Kier alpha value is -1.72. The minimum Gasteiger partial charge on any atom is -0.497 e. The number of nitrogens with zero attached hydrogens (tertiary/aromatic N) is 4. The second-order valence-electron chi connectivity index (χ2n) is 9.24. The van der Waals surface area contributed by atoms with Gasteiger partial charge in [-0.25, -0.2) is 8.42 Å². The number of aryl methyl sites for hydroxylation is 2. The van der Waals surface area contributed by atoms with E-state index in [1.54, 1.807) is 33.1 Å². The van der Waals surface area contributed by atoms with E-state index in [4.69, 9.17) is 9.47 Å². The van der Waals surface area contributed by atoms with E-state index in [1.807, 2.05) is 4.90 Å². The van der Waals surface area contributed by atoms with Crippen LogP contribution in [0.25, 0.3) is 0 Å². The maximum atomic E-state index is 13.1. The molecular weight excluding hydrogens is 456 g/mol. The van der Waals surface area contributed by atoms with Crippen LogP contribution >= 0.6 is 0 Å². The molecule has 3 rings (SSSR count). The first-order valence-corrected chi connectivity index (χ1v) is 13.6. The van der Waals surface area contributed by atoms with Crippen molar-refractivity contribution in [2.75, 3.05) is 86.3 Å². The van der Waals surface area contributed by atoms with Gasteiger partial charge in [0.2, 0.25) is 15.9 Å². The average Bonchev–Trinajstić information content (AvgIpc) is 3.33. The Morgan fingerprint density at radius 2 is 1.53 bits per heavy atom. The molecule has 2 aliphatic heterocycles. The number of piperazine rings is 1. The zero-order valence-electron chi connectivity index (χ0n) is 21.1. The smallest absolute Gasteiger partial charge is 0.248 e. The lowest BCUT2D eigenvalue weighted by molar-refractivity contribution is -0.137. The average molecular weight is 497 g/mol. The summed E-state index contributed by atoms with van der Waals surface area (Å²) >= 11 is 0. The van der Waals surface area contributed by atoms with Crippen molar-refractivity contribution in [1.82, 2.24) is 19.0 Å². The summed E-state index contributed by atoms with van der Waals surface area (Å²) in [6.45, 7) is 11.6. The molecule has 9 nitrogen and oxygen atoms in total. The molecule has 0 unspecified atom stereocenters. The van der Waals surface area contributed by atoms with E-state index >= 15 is 0 Å². The second-order valence-corrected chi connectivity index (χ2v) is 11.2.